The number of anilines is 1. The number of carbonyl (C=O) groups is 1. The van der Waals surface area contributed by atoms with Crippen LogP contribution in [-0.2, 0) is 5.92 Å². The molecule has 1 amide bonds. The van der Waals surface area contributed by atoms with Crippen LogP contribution in [0.25, 0.3) is 17.2 Å². The minimum Gasteiger partial charge on any atom is -0.310 e. The Bertz CT molecular complexity index is 1860. The van der Waals surface area contributed by atoms with Gasteiger partial charge in [-0.2, -0.15) is 8.78 Å². The van der Waals surface area contributed by atoms with E-state index in [-0.39, 0.29) is 28.9 Å². The lowest BCUT2D eigenvalue weighted by molar-refractivity contribution is -0.0623. The zero-order valence-corrected chi connectivity index (χ0v) is 23.7. The van der Waals surface area contributed by atoms with Gasteiger partial charge in [-0.1, -0.05) is 6.07 Å². The highest BCUT2D eigenvalue weighted by Gasteiger charge is 2.55. The number of hydrogen-bond donors (Lipinski definition) is 0. The van der Waals surface area contributed by atoms with Gasteiger partial charge >= 0.3 is 5.92 Å². The first-order valence-electron chi connectivity index (χ1n) is 14.6. The molecule has 0 N–H and O–H groups in total. The topological polar surface area (TPSA) is 99.6 Å². The summed E-state index contributed by atoms with van der Waals surface area (Å²) in [5.74, 6) is -2.77. The number of nitrogens with zero attached hydrogens (tertiary/aromatic N) is 9. The third-order valence-electron chi connectivity index (χ3n) is 8.52. The van der Waals surface area contributed by atoms with E-state index in [2.05, 4.69) is 20.2 Å². The molecule has 0 saturated heterocycles. The number of imidazole rings is 2. The van der Waals surface area contributed by atoms with E-state index < -0.39 is 18.0 Å². The Hall–Kier alpha value is -4.74. The van der Waals surface area contributed by atoms with Crippen LogP contribution in [0.3, 0.4) is 0 Å². The SMILES string of the molecule is CC(C)n1cnnc1-c1cccc(N2C(=O)c3cc(-n4cnc(C5CC5)c4)ccc3C(F)(F)C2n2cnc(C3CC3)c2)n1. The van der Waals surface area contributed by atoms with Gasteiger partial charge in [-0.3, -0.25) is 9.69 Å². The molecule has 2 aliphatic carbocycles. The van der Waals surface area contributed by atoms with Crippen LogP contribution in [0.2, 0.25) is 0 Å². The monoisotopic (exact) mass is 581 g/mol. The highest BCUT2D eigenvalue weighted by Crippen LogP contribution is 2.50. The van der Waals surface area contributed by atoms with Gasteiger partial charge in [0.15, 0.2) is 12.0 Å². The second-order valence-corrected chi connectivity index (χ2v) is 11.9. The third-order valence-corrected chi connectivity index (χ3v) is 8.52. The number of alkyl halides is 2. The van der Waals surface area contributed by atoms with E-state index in [0.717, 1.165) is 42.0 Å². The Morgan fingerprint density at radius 2 is 1.67 bits per heavy atom. The number of hydrogen-bond acceptors (Lipinski definition) is 6. The van der Waals surface area contributed by atoms with Crippen LogP contribution in [0.5, 0.6) is 0 Å². The first-order chi connectivity index (χ1) is 20.8. The highest BCUT2D eigenvalue weighted by atomic mass is 19.3. The Labute approximate surface area is 246 Å². The Morgan fingerprint density at radius 1 is 0.930 bits per heavy atom. The van der Waals surface area contributed by atoms with Gasteiger partial charge < -0.3 is 13.7 Å². The number of benzene rings is 1. The van der Waals surface area contributed by atoms with Gasteiger partial charge in [0.25, 0.3) is 5.91 Å². The van der Waals surface area contributed by atoms with Crippen LogP contribution in [0, 0.1) is 0 Å². The van der Waals surface area contributed by atoms with E-state index in [1.165, 1.54) is 23.0 Å². The fourth-order valence-electron chi connectivity index (χ4n) is 5.88. The number of carbonyl (C=O) groups excluding carboxylic acids is 1. The Kier molecular flexibility index (Phi) is 5.66. The van der Waals surface area contributed by atoms with Crippen molar-refractivity contribution in [1.82, 2.24) is 38.9 Å². The molecular weight excluding hydrogens is 552 g/mol. The molecule has 12 heteroatoms. The van der Waals surface area contributed by atoms with Crippen molar-refractivity contribution < 1.29 is 13.6 Å². The molecule has 43 heavy (non-hydrogen) atoms. The second-order valence-electron chi connectivity index (χ2n) is 11.9. The van der Waals surface area contributed by atoms with Crippen LogP contribution in [0.1, 0.15) is 90.9 Å². The largest absolute Gasteiger partial charge is 0.312 e. The van der Waals surface area contributed by atoms with Gasteiger partial charge in [-0.05, 0) is 69.9 Å². The molecule has 4 aromatic heterocycles. The predicted molar refractivity (Wildman–Crippen MR) is 153 cm³/mol. The van der Waals surface area contributed by atoms with E-state index in [0.29, 0.717) is 23.1 Å². The van der Waals surface area contributed by atoms with Crippen LogP contribution < -0.4 is 4.90 Å². The Balaban J connectivity index is 1.27. The van der Waals surface area contributed by atoms with Crippen molar-refractivity contribution in [2.45, 2.75) is 69.5 Å². The summed E-state index contributed by atoms with van der Waals surface area (Å²) >= 11 is 0. The van der Waals surface area contributed by atoms with Crippen molar-refractivity contribution in [3.8, 4) is 17.2 Å². The van der Waals surface area contributed by atoms with Gasteiger partial charge in [0, 0.05) is 41.5 Å². The molecule has 1 unspecified atom stereocenters. The smallest absolute Gasteiger partial charge is 0.310 e. The number of fused-ring (bicyclic) bond motifs is 1. The van der Waals surface area contributed by atoms with E-state index in [9.17, 15) is 4.79 Å². The molecule has 10 nitrogen and oxygen atoms in total. The standard InChI is InChI=1S/C31H29F2N9O/c1-18(2)41-17-36-38-28(41)24-4-3-5-27(37-24)42-29(43)22-12-21(39-13-25(34-15-39)19-6-7-19)10-11-23(22)31(32,33)30(42)40-14-26(35-16-40)20-8-9-20/h3-5,10-20,30H,6-9H2,1-2H3. The van der Waals surface area contributed by atoms with E-state index in [4.69, 9.17) is 4.98 Å². The van der Waals surface area contributed by atoms with Gasteiger partial charge in [0.1, 0.15) is 17.8 Å². The molecule has 5 aromatic rings. The van der Waals surface area contributed by atoms with E-state index in [1.54, 1.807) is 47.7 Å². The van der Waals surface area contributed by atoms with Crippen LogP contribution in [0.4, 0.5) is 14.6 Å². The first-order valence-corrected chi connectivity index (χ1v) is 14.6. The van der Waals surface area contributed by atoms with Gasteiger partial charge in [-0.15, -0.1) is 10.2 Å². The summed E-state index contributed by atoms with van der Waals surface area (Å²) in [6, 6.07) is 9.55. The number of aromatic nitrogens is 8. The maximum atomic E-state index is 16.8. The highest BCUT2D eigenvalue weighted by molar-refractivity contribution is 6.08. The van der Waals surface area contributed by atoms with E-state index >= 15 is 8.78 Å². The zero-order valence-electron chi connectivity index (χ0n) is 23.7. The van der Waals surface area contributed by atoms with Crippen LogP contribution >= 0.6 is 0 Å². The summed E-state index contributed by atoms with van der Waals surface area (Å²) in [5.41, 5.74) is 2.32. The van der Waals surface area contributed by atoms with Gasteiger partial charge in [0.2, 0.25) is 0 Å². The van der Waals surface area contributed by atoms with E-state index in [1.807, 2.05) is 24.6 Å². The van der Waals surface area contributed by atoms with Crippen LogP contribution in [0.15, 0.2) is 67.8 Å². The molecule has 0 bridgehead atoms. The molecule has 2 fully saturated rings. The molecule has 0 radical (unpaired) electrons. The predicted octanol–water partition coefficient (Wildman–Crippen LogP) is 6.01. The first kappa shape index (κ1) is 25.9. The van der Waals surface area contributed by atoms with Crippen molar-refractivity contribution in [3.05, 3.63) is 90.3 Å². The summed E-state index contributed by atoms with van der Waals surface area (Å²) in [6.07, 6.45) is 10.7. The lowest BCUT2D eigenvalue weighted by Crippen LogP contribution is -2.51. The molecule has 1 atom stereocenters. The summed E-state index contributed by atoms with van der Waals surface area (Å²) in [6.45, 7) is 3.97. The average Bonchev–Trinajstić information content (AvgIpc) is 3.87. The lowest BCUT2D eigenvalue weighted by Gasteiger charge is -2.41. The summed E-state index contributed by atoms with van der Waals surface area (Å²) in [4.78, 5) is 29.1. The van der Waals surface area contributed by atoms with Gasteiger partial charge in [0.05, 0.1) is 29.6 Å². The lowest BCUT2D eigenvalue weighted by atomic mass is 9.92. The molecule has 8 rings (SSSR count). The van der Waals surface area contributed by atoms with Crippen LogP contribution in [-0.4, -0.2) is 44.8 Å². The maximum Gasteiger partial charge on any atom is 0.312 e. The number of pyridine rings is 1. The molecular formula is C31H29F2N9O. The summed E-state index contributed by atoms with van der Waals surface area (Å²) in [5, 5.41) is 8.25. The zero-order chi connectivity index (χ0) is 29.5. The third kappa shape index (κ3) is 4.26. The van der Waals surface area contributed by atoms with Gasteiger partial charge in [-0.25, -0.2) is 15.0 Å². The molecule has 1 aliphatic heterocycles. The normalized spacial score (nSPS) is 19.7. The average molecular weight is 582 g/mol. The molecule has 1 aromatic carbocycles. The molecule has 5 heterocycles. The van der Waals surface area contributed by atoms with Crippen molar-refractivity contribution >= 4 is 11.7 Å². The maximum absolute atomic E-state index is 16.8. The minimum absolute atomic E-state index is 0.0462. The van der Waals surface area contributed by atoms with Crippen molar-refractivity contribution in [2.24, 2.45) is 0 Å². The molecule has 0 spiro atoms. The number of halogens is 2. The molecule has 2 saturated carbocycles. The molecule has 218 valence electrons. The molecule has 3 aliphatic rings. The number of amides is 1. The fourth-order valence-corrected chi connectivity index (χ4v) is 5.88. The Morgan fingerprint density at radius 3 is 2.42 bits per heavy atom. The summed E-state index contributed by atoms with van der Waals surface area (Å²) < 4.78 is 38.5. The van der Waals surface area contributed by atoms with Crippen molar-refractivity contribution in [1.29, 1.82) is 0 Å². The van der Waals surface area contributed by atoms with Crippen molar-refractivity contribution in [2.75, 3.05) is 4.90 Å². The quantitative estimate of drug-likeness (QED) is 0.234. The fraction of sp³-hybridized carbons (Fsp3) is 0.355. The second kappa shape index (κ2) is 9.38. The number of rotatable bonds is 7. The van der Waals surface area contributed by atoms with Crippen molar-refractivity contribution in [3.63, 3.8) is 0 Å². The minimum atomic E-state index is -3.47. The summed E-state index contributed by atoms with van der Waals surface area (Å²) in [7, 11) is 0.